The van der Waals surface area contributed by atoms with Crippen LogP contribution >= 0.6 is 11.3 Å². The highest BCUT2D eigenvalue weighted by Crippen LogP contribution is 2.17. The standard InChI is InChI=1S/C17H23FN2S/c1-3-8-19-11-15(10-17-12-21-13(2)20-17)9-14-4-6-16(18)7-5-14/h4-7,12,15,19H,3,8-11H2,1-2H3. The second kappa shape index (κ2) is 8.25. The first-order valence-corrected chi connectivity index (χ1v) is 8.41. The van der Waals surface area contributed by atoms with Gasteiger partial charge in [0.2, 0.25) is 0 Å². The van der Waals surface area contributed by atoms with Crippen LogP contribution in [0.5, 0.6) is 0 Å². The molecule has 1 aromatic carbocycles. The Balaban J connectivity index is 1.98. The Kier molecular flexibility index (Phi) is 6.33. The summed E-state index contributed by atoms with van der Waals surface area (Å²) in [7, 11) is 0. The molecule has 1 N–H and O–H groups in total. The molecule has 21 heavy (non-hydrogen) atoms. The topological polar surface area (TPSA) is 24.9 Å². The minimum absolute atomic E-state index is 0.172. The van der Waals surface area contributed by atoms with Crippen molar-refractivity contribution < 1.29 is 4.39 Å². The summed E-state index contributed by atoms with van der Waals surface area (Å²) in [5.74, 6) is 0.318. The van der Waals surface area contributed by atoms with E-state index in [4.69, 9.17) is 0 Å². The van der Waals surface area contributed by atoms with Gasteiger partial charge in [-0.1, -0.05) is 19.1 Å². The zero-order chi connectivity index (χ0) is 15.1. The van der Waals surface area contributed by atoms with Gasteiger partial charge in [-0.25, -0.2) is 9.37 Å². The minimum Gasteiger partial charge on any atom is -0.316 e. The maximum absolute atomic E-state index is 13.0. The van der Waals surface area contributed by atoms with E-state index in [1.165, 1.54) is 11.3 Å². The molecule has 2 aromatic rings. The number of thiazole rings is 1. The Bertz CT molecular complexity index is 536. The van der Waals surface area contributed by atoms with Gasteiger partial charge in [0.1, 0.15) is 5.82 Å². The van der Waals surface area contributed by atoms with E-state index >= 15 is 0 Å². The second-order valence-corrected chi connectivity index (χ2v) is 6.52. The molecule has 1 atom stereocenters. The largest absolute Gasteiger partial charge is 0.316 e. The molecule has 1 unspecified atom stereocenters. The van der Waals surface area contributed by atoms with Gasteiger partial charge in [-0.15, -0.1) is 11.3 Å². The number of benzene rings is 1. The third kappa shape index (κ3) is 5.56. The molecule has 0 saturated carbocycles. The first kappa shape index (κ1) is 16.1. The average molecular weight is 306 g/mol. The van der Waals surface area contributed by atoms with Crippen molar-refractivity contribution in [2.24, 2.45) is 5.92 Å². The van der Waals surface area contributed by atoms with Crippen LogP contribution in [0.15, 0.2) is 29.6 Å². The van der Waals surface area contributed by atoms with E-state index in [1.54, 1.807) is 23.5 Å². The predicted octanol–water partition coefficient (Wildman–Crippen LogP) is 3.99. The highest BCUT2D eigenvalue weighted by atomic mass is 32.1. The Labute approximate surface area is 130 Å². The Hall–Kier alpha value is -1.26. The molecule has 0 amide bonds. The van der Waals surface area contributed by atoms with E-state index in [0.717, 1.165) is 37.4 Å². The Morgan fingerprint density at radius 1 is 1.24 bits per heavy atom. The summed E-state index contributed by atoms with van der Waals surface area (Å²) in [5.41, 5.74) is 2.36. The monoisotopic (exact) mass is 306 g/mol. The van der Waals surface area contributed by atoms with Crippen LogP contribution < -0.4 is 5.32 Å². The quantitative estimate of drug-likeness (QED) is 0.746. The molecule has 2 nitrogen and oxygen atoms in total. The molecule has 0 aliphatic heterocycles. The van der Waals surface area contributed by atoms with Gasteiger partial charge in [0.05, 0.1) is 10.7 Å². The number of nitrogens with zero attached hydrogens (tertiary/aromatic N) is 1. The molecule has 0 aliphatic carbocycles. The van der Waals surface area contributed by atoms with Gasteiger partial charge in [0.15, 0.2) is 0 Å². The van der Waals surface area contributed by atoms with Crippen molar-refractivity contribution in [1.29, 1.82) is 0 Å². The molecule has 0 radical (unpaired) electrons. The number of halogens is 1. The first-order valence-electron chi connectivity index (χ1n) is 7.53. The summed E-state index contributed by atoms with van der Waals surface area (Å²) in [6.07, 6.45) is 3.06. The van der Waals surface area contributed by atoms with Crippen LogP contribution in [0.25, 0.3) is 0 Å². The van der Waals surface area contributed by atoms with Gasteiger partial charge in [-0.3, -0.25) is 0 Å². The molecular weight excluding hydrogens is 283 g/mol. The molecule has 1 heterocycles. The van der Waals surface area contributed by atoms with Crippen molar-refractivity contribution in [3.05, 3.63) is 51.7 Å². The van der Waals surface area contributed by atoms with Gasteiger partial charge in [-0.05, 0) is 62.9 Å². The summed E-state index contributed by atoms with van der Waals surface area (Å²) in [4.78, 5) is 4.57. The van der Waals surface area contributed by atoms with E-state index in [9.17, 15) is 4.39 Å². The lowest BCUT2D eigenvalue weighted by atomic mass is 9.95. The first-order chi connectivity index (χ1) is 10.2. The van der Waals surface area contributed by atoms with Gasteiger partial charge < -0.3 is 5.32 Å². The fourth-order valence-electron chi connectivity index (χ4n) is 2.45. The molecule has 0 fully saturated rings. The molecule has 2 rings (SSSR count). The zero-order valence-corrected chi connectivity index (χ0v) is 13.5. The number of rotatable bonds is 8. The predicted molar refractivity (Wildman–Crippen MR) is 87.3 cm³/mol. The number of aryl methyl sites for hydroxylation is 1. The summed E-state index contributed by atoms with van der Waals surface area (Å²) >= 11 is 1.70. The number of aromatic nitrogens is 1. The third-order valence-corrected chi connectivity index (χ3v) is 4.28. The van der Waals surface area contributed by atoms with Crippen LogP contribution in [0.4, 0.5) is 4.39 Å². The van der Waals surface area contributed by atoms with Crippen LogP contribution in [0.1, 0.15) is 29.6 Å². The van der Waals surface area contributed by atoms with Crippen molar-refractivity contribution in [2.45, 2.75) is 33.1 Å². The molecule has 4 heteroatoms. The summed E-state index contributed by atoms with van der Waals surface area (Å²) in [6.45, 7) is 6.22. The minimum atomic E-state index is -0.172. The van der Waals surface area contributed by atoms with Crippen LogP contribution in [-0.2, 0) is 12.8 Å². The van der Waals surface area contributed by atoms with Crippen molar-refractivity contribution in [1.82, 2.24) is 10.3 Å². The van der Waals surface area contributed by atoms with E-state index in [0.29, 0.717) is 5.92 Å². The third-order valence-electron chi connectivity index (χ3n) is 3.46. The number of hydrogen-bond donors (Lipinski definition) is 1. The lowest BCUT2D eigenvalue weighted by Gasteiger charge is -2.17. The van der Waals surface area contributed by atoms with E-state index < -0.39 is 0 Å². The summed E-state index contributed by atoms with van der Waals surface area (Å²) in [5, 5.41) is 6.76. The Morgan fingerprint density at radius 3 is 2.62 bits per heavy atom. The fourth-order valence-corrected chi connectivity index (χ4v) is 3.08. The lowest BCUT2D eigenvalue weighted by molar-refractivity contribution is 0.467. The SMILES string of the molecule is CCCNCC(Cc1ccc(F)cc1)Cc1csc(C)n1. The van der Waals surface area contributed by atoms with E-state index in [-0.39, 0.29) is 5.82 Å². The molecular formula is C17H23FN2S. The van der Waals surface area contributed by atoms with Crippen LogP contribution in [0, 0.1) is 18.7 Å². The highest BCUT2D eigenvalue weighted by Gasteiger charge is 2.12. The van der Waals surface area contributed by atoms with Crippen molar-refractivity contribution in [3.63, 3.8) is 0 Å². The van der Waals surface area contributed by atoms with Crippen molar-refractivity contribution in [3.8, 4) is 0 Å². The van der Waals surface area contributed by atoms with Crippen LogP contribution in [-0.4, -0.2) is 18.1 Å². The molecule has 0 aliphatic rings. The van der Waals surface area contributed by atoms with Crippen LogP contribution in [0.3, 0.4) is 0 Å². The molecule has 0 spiro atoms. The maximum Gasteiger partial charge on any atom is 0.123 e. The summed E-state index contributed by atoms with van der Waals surface area (Å²) in [6, 6.07) is 6.85. The van der Waals surface area contributed by atoms with E-state index in [1.807, 2.05) is 19.1 Å². The Morgan fingerprint density at radius 2 is 2.00 bits per heavy atom. The molecule has 0 bridgehead atoms. The van der Waals surface area contributed by atoms with Crippen LogP contribution in [0.2, 0.25) is 0 Å². The maximum atomic E-state index is 13.0. The lowest BCUT2D eigenvalue weighted by Crippen LogP contribution is -2.26. The number of hydrogen-bond acceptors (Lipinski definition) is 3. The molecule has 114 valence electrons. The average Bonchev–Trinajstić information content (AvgIpc) is 2.87. The smallest absolute Gasteiger partial charge is 0.123 e. The normalized spacial score (nSPS) is 12.5. The summed E-state index contributed by atoms with van der Waals surface area (Å²) < 4.78 is 13.0. The van der Waals surface area contributed by atoms with Gasteiger partial charge in [0.25, 0.3) is 0 Å². The van der Waals surface area contributed by atoms with Crippen molar-refractivity contribution >= 4 is 11.3 Å². The van der Waals surface area contributed by atoms with E-state index in [2.05, 4.69) is 22.6 Å². The second-order valence-electron chi connectivity index (χ2n) is 5.46. The van der Waals surface area contributed by atoms with Gasteiger partial charge >= 0.3 is 0 Å². The fraction of sp³-hybridized carbons (Fsp3) is 0.471. The van der Waals surface area contributed by atoms with Gasteiger partial charge in [0, 0.05) is 5.38 Å². The van der Waals surface area contributed by atoms with Crippen molar-refractivity contribution in [2.75, 3.05) is 13.1 Å². The number of nitrogens with one attached hydrogen (secondary N) is 1. The zero-order valence-electron chi connectivity index (χ0n) is 12.7. The van der Waals surface area contributed by atoms with Gasteiger partial charge in [-0.2, -0.15) is 0 Å². The molecule has 1 aromatic heterocycles. The molecule has 0 saturated heterocycles. The highest BCUT2D eigenvalue weighted by molar-refractivity contribution is 7.09.